The molecule has 4 rings (SSSR count). The molecule has 0 bridgehead atoms. The van der Waals surface area contributed by atoms with E-state index >= 15 is 0 Å². The highest BCUT2D eigenvalue weighted by molar-refractivity contribution is 5.97. The van der Waals surface area contributed by atoms with Crippen LogP contribution in [-0.4, -0.2) is 36.1 Å². The van der Waals surface area contributed by atoms with Crippen LogP contribution in [0.3, 0.4) is 0 Å². The van der Waals surface area contributed by atoms with Crippen molar-refractivity contribution in [2.45, 2.75) is 39.2 Å². The van der Waals surface area contributed by atoms with Crippen molar-refractivity contribution in [2.24, 2.45) is 11.8 Å². The molecule has 0 saturated heterocycles. The van der Waals surface area contributed by atoms with Crippen molar-refractivity contribution in [3.8, 4) is 6.07 Å². The summed E-state index contributed by atoms with van der Waals surface area (Å²) < 4.78 is 0. The molecule has 1 aliphatic carbocycles. The third-order valence-corrected chi connectivity index (χ3v) is 5.91. The standard InChI is InChI=1S/C18H24N2O3.C7H6N2/c1-11-9-15-10-14(18(23)19-7-8-21)5-6-16(15)20(12(2)22)17(11)13-3-4-13;8-5-6-1-3-7(9)4-2-6/h5-6,10-11,13,17,21H,3-4,7-9H2,1-2H3,(H,19,23);1-4H,9H2/t11-,17-;/m1./s1. The lowest BCUT2D eigenvalue weighted by atomic mass is 9.83. The number of fused-ring (bicyclic) bond motifs is 1. The molecule has 1 fully saturated rings. The molecule has 2 aromatic carbocycles. The fourth-order valence-corrected chi connectivity index (χ4v) is 4.33. The number of nitrogens with zero attached hydrogens (tertiary/aromatic N) is 2. The fourth-order valence-electron chi connectivity index (χ4n) is 4.33. The van der Waals surface area contributed by atoms with Crippen molar-refractivity contribution in [3.63, 3.8) is 0 Å². The van der Waals surface area contributed by atoms with Gasteiger partial charge in [0.2, 0.25) is 5.91 Å². The van der Waals surface area contributed by atoms with E-state index in [0.717, 1.165) is 17.7 Å². The molecule has 7 heteroatoms. The van der Waals surface area contributed by atoms with Gasteiger partial charge in [-0.05, 0) is 79.1 Å². The average molecular weight is 435 g/mol. The number of rotatable bonds is 4. The van der Waals surface area contributed by atoms with E-state index in [1.807, 2.05) is 23.1 Å². The van der Waals surface area contributed by atoms with Crippen molar-refractivity contribution in [2.75, 3.05) is 23.8 Å². The third-order valence-electron chi connectivity index (χ3n) is 5.91. The number of aliphatic hydroxyl groups excluding tert-OH is 1. The van der Waals surface area contributed by atoms with Crippen molar-refractivity contribution >= 4 is 23.2 Å². The smallest absolute Gasteiger partial charge is 0.251 e. The number of nitriles is 1. The largest absolute Gasteiger partial charge is 0.399 e. The van der Waals surface area contributed by atoms with Gasteiger partial charge in [-0.25, -0.2) is 0 Å². The Hall–Kier alpha value is -3.37. The van der Waals surface area contributed by atoms with Crippen LogP contribution >= 0.6 is 0 Å². The van der Waals surface area contributed by atoms with Gasteiger partial charge in [-0.1, -0.05) is 6.92 Å². The Labute approximate surface area is 188 Å². The number of nitrogens with two attached hydrogens (primary N) is 1. The number of anilines is 2. The number of hydrogen-bond acceptors (Lipinski definition) is 5. The quantitative estimate of drug-likeness (QED) is 0.639. The first kappa shape index (κ1) is 23.3. The molecule has 0 unspecified atom stereocenters. The second kappa shape index (κ2) is 10.3. The summed E-state index contributed by atoms with van der Waals surface area (Å²) in [6.45, 7) is 3.99. The summed E-state index contributed by atoms with van der Waals surface area (Å²) >= 11 is 0. The summed E-state index contributed by atoms with van der Waals surface area (Å²) in [5.41, 5.74) is 9.29. The molecule has 2 amide bonds. The monoisotopic (exact) mass is 434 g/mol. The zero-order valence-corrected chi connectivity index (χ0v) is 18.5. The number of nitrogen functional groups attached to an aromatic ring is 1. The Bertz CT molecular complexity index is 1010. The molecule has 1 saturated carbocycles. The lowest BCUT2D eigenvalue weighted by Gasteiger charge is -2.41. The van der Waals surface area contributed by atoms with Gasteiger partial charge in [0.15, 0.2) is 0 Å². The number of aliphatic hydroxyl groups is 1. The van der Waals surface area contributed by atoms with E-state index in [-0.39, 0.29) is 31.0 Å². The minimum Gasteiger partial charge on any atom is -0.399 e. The van der Waals surface area contributed by atoms with Gasteiger partial charge in [0.1, 0.15) is 0 Å². The molecular weight excluding hydrogens is 404 g/mol. The zero-order valence-electron chi connectivity index (χ0n) is 18.5. The number of carbonyl (C=O) groups excluding carboxylic acids is 2. The van der Waals surface area contributed by atoms with Gasteiger partial charge in [0.05, 0.1) is 18.2 Å². The summed E-state index contributed by atoms with van der Waals surface area (Å²) in [5.74, 6) is 0.907. The normalized spacial score (nSPS) is 19.1. The van der Waals surface area contributed by atoms with Crippen LogP contribution < -0.4 is 16.0 Å². The summed E-state index contributed by atoms with van der Waals surface area (Å²) in [4.78, 5) is 26.2. The summed E-state index contributed by atoms with van der Waals surface area (Å²) in [7, 11) is 0. The van der Waals surface area contributed by atoms with Gasteiger partial charge < -0.3 is 21.1 Å². The Morgan fingerprint density at radius 3 is 2.47 bits per heavy atom. The second-order valence-corrected chi connectivity index (χ2v) is 8.46. The van der Waals surface area contributed by atoms with E-state index < -0.39 is 0 Å². The van der Waals surface area contributed by atoms with E-state index in [9.17, 15) is 9.59 Å². The van der Waals surface area contributed by atoms with Crippen LogP contribution in [0.2, 0.25) is 0 Å². The van der Waals surface area contributed by atoms with Crippen molar-refractivity contribution < 1.29 is 14.7 Å². The van der Waals surface area contributed by atoms with E-state index in [0.29, 0.717) is 28.7 Å². The molecule has 0 radical (unpaired) electrons. The molecule has 1 aliphatic heterocycles. The van der Waals surface area contributed by atoms with Gasteiger partial charge in [0, 0.05) is 36.4 Å². The fraction of sp³-hybridized carbons (Fsp3) is 0.400. The zero-order chi connectivity index (χ0) is 23.3. The van der Waals surface area contributed by atoms with Crippen LogP contribution in [0.25, 0.3) is 0 Å². The molecule has 32 heavy (non-hydrogen) atoms. The Balaban J connectivity index is 0.000000269. The molecular formula is C25H30N4O3. The molecule has 2 atom stereocenters. The number of benzene rings is 2. The molecule has 4 N–H and O–H groups in total. The minimum atomic E-state index is -0.187. The van der Waals surface area contributed by atoms with Crippen LogP contribution in [0, 0.1) is 23.2 Å². The van der Waals surface area contributed by atoms with Crippen molar-refractivity contribution in [3.05, 3.63) is 59.2 Å². The molecule has 2 aliphatic rings. The third kappa shape index (κ3) is 5.45. The van der Waals surface area contributed by atoms with Crippen molar-refractivity contribution in [1.29, 1.82) is 5.26 Å². The Morgan fingerprint density at radius 1 is 1.22 bits per heavy atom. The van der Waals surface area contributed by atoms with Crippen LogP contribution in [0.15, 0.2) is 42.5 Å². The van der Waals surface area contributed by atoms with Crippen molar-refractivity contribution in [1.82, 2.24) is 5.32 Å². The molecule has 0 aromatic heterocycles. The molecule has 7 nitrogen and oxygen atoms in total. The maximum absolute atomic E-state index is 12.2. The van der Waals surface area contributed by atoms with Gasteiger partial charge >= 0.3 is 0 Å². The lowest BCUT2D eigenvalue weighted by Crippen LogP contribution is -2.48. The van der Waals surface area contributed by atoms with Crippen LogP contribution in [0.4, 0.5) is 11.4 Å². The van der Waals surface area contributed by atoms with E-state index in [1.165, 1.54) is 12.8 Å². The number of nitrogens with one attached hydrogen (secondary N) is 1. The Kier molecular flexibility index (Phi) is 7.49. The van der Waals surface area contributed by atoms with E-state index in [1.54, 1.807) is 37.3 Å². The van der Waals surface area contributed by atoms with Crippen LogP contribution in [-0.2, 0) is 11.2 Å². The highest BCUT2D eigenvalue weighted by atomic mass is 16.3. The topological polar surface area (TPSA) is 119 Å². The summed E-state index contributed by atoms with van der Waals surface area (Å²) in [6.07, 6.45) is 3.30. The first-order valence-corrected chi connectivity index (χ1v) is 10.9. The SMILES string of the molecule is CC(=O)N1c2ccc(C(=O)NCCO)cc2C[C@@H](C)[C@@H]1C1CC1.N#Cc1ccc(N)cc1. The number of carbonyl (C=O) groups is 2. The maximum atomic E-state index is 12.2. The van der Waals surface area contributed by atoms with Crippen LogP contribution in [0.1, 0.15) is 48.2 Å². The Morgan fingerprint density at radius 2 is 1.91 bits per heavy atom. The highest BCUT2D eigenvalue weighted by Gasteiger charge is 2.43. The van der Waals surface area contributed by atoms with E-state index in [2.05, 4.69) is 12.2 Å². The van der Waals surface area contributed by atoms with Gasteiger partial charge in [0.25, 0.3) is 5.91 Å². The van der Waals surface area contributed by atoms with E-state index in [4.69, 9.17) is 16.1 Å². The van der Waals surface area contributed by atoms with Gasteiger partial charge in [-0.15, -0.1) is 0 Å². The predicted octanol–water partition coefficient (Wildman–Crippen LogP) is 2.87. The molecule has 168 valence electrons. The first-order chi connectivity index (χ1) is 15.3. The summed E-state index contributed by atoms with van der Waals surface area (Å²) in [6, 6.07) is 14.6. The highest BCUT2D eigenvalue weighted by Crippen LogP contribution is 2.45. The molecule has 2 aromatic rings. The molecule has 1 heterocycles. The average Bonchev–Trinajstić information content (AvgIpc) is 3.62. The first-order valence-electron chi connectivity index (χ1n) is 10.9. The van der Waals surface area contributed by atoms with Crippen LogP contribution in [0.5, 0.6) is 0 Å². The maximum Gasteiger partial charge on any atom is 0.251 e. The second-order valence-electron chi connectivity index (χ2n) is 8.46. The summed E-state index contributed by atoms with van der Waals surface area (Å²) in [5, 5.41) is 19.8. The predicted molar refractivity (Wildman–Crippen MR) is 124 cm³/mol. The van der Waals surface area contributed by atoms with Gasteiger partial charge in [-0.3, -0.25) is 9.59 Å². The minimum absolute atomic E-state index is 0.0745. The van der Waals surface area contributed by atoms with Gasteiger partial charge in [-0.2, -0.15) is 5.26 Å². The molecule has 0 spiro atoms. The number of hydrogen-bond donors (Lipinski definition) is 3. The lowest BCUT2D eigenvalue weighted by molar-refractivity contribution is -0.117. The number of amides is 2.